The summed E-state index contributed by atoms with van der Waals surface area (Å²) in [5, 5.41) is 11.1. The average molecular weight is 383 g/mol. The van der Waals surface area contributed by atoms with E-state index in [1.165, 1.54) is 23.1 Å². The molecule has 1 aliphatic heterocycles. The second-order valence-electron chi connectivity index (χ2n) is 6.61. The zero-order valence-corrected chi connectivity index (χ0v) is 16.0. The van der Waals surface area contributed by atoms with E-state index < -0.39 is 10.8 Å². The Kier molecular flexibility index (Phi) is 5.30. The van der Waals surface area contributed by atoms with Gasteiger partial charge < -0.3 is 9.64 Å². The number of amides is 2. The highest BCUT2D eigenvalue weighted by molar-refractivity contribution is 6.06. The summed E-state index contributed by atoms with van der Waals surface area (Å²) in [6, 6.07) is 9.85. The van der Waals surface area contributed by atoms with E-state index in [4.69, 9.17) is 4.74 Å². The first-order chi connectivity index (χ1) is 13.3. The maximum atomic E-state index is 13.0. The zero-order chi connectivity index (χ0) is 20.4. The van der Waals surface area contributed by atoms with Crippen LogP contribution in [0.5, 0.6) is 5.75 Å². The first-order valence-electron chi connectivity index (χ1n) is 8.91. The third kappa shape index (κ3) is 3.66. The van der Waals surface area contributed by atoms with Gasteiger partial charge in [0, 0.05) is 24.4 Å². The van der Waals surface area contributed by atoms with Crippen LogP contribution in [0.4, 0.5) is 17.1 Å². The molecule has 0 saturated heterocycles. The van der Waals surface area contributed by atoms with Crippen molar-refractivity contribution in [1.82, 2.24) is 0 Å². The molecule has 0 aliphatic carbocycles. The highest BCUT2D eigenvalue weighted by Gasteiger charge is 2.30. The standard InChI is InChI=1S/C20H21N3O5/c1-4-21(16-9-13(2)5-6-14(16)3)19(24)11-22-17-10-15(23(26)27)7-8-18(17)28-12-20(22)25/h5-10H,4,11-12H2,1-3H3. The number of fused-ring (bicyclic) bond motifs is 1. The van der Waals surface area contributed by atoms with Crippen LogP contribution in [0.2, 0.25) is 0 Å². The number of non-ortho nitro benzene ring substituents is 1. The number of rotatable bonds is 5. The van der Waals surface area contributed by atoms with Crippen LogP contribution in [0.25, 0.3) is 0 Å². The lowest BCUT2D eigenvalue weighted by Crippen LogP contribution is -2.46. The highest BCUT2D eigenvalue weighted by Crippen LogP contribution is 2.35. The Morgan fingerprint density at radius 1 is 1.25 bits per heavy atom. The quantitative estimate of drug-likeness (QED) is 0.584. The largest absolute Gasteiger partial charge is 0.482 e. The molecule has 3 rings (SSSR count). The predicted molar refractivity (Wildman–Crippen MR) is 105 cm³/mol. The molecule has 0 atom stereocenters. The molecule has 2 aromatic carbocycles. The highest BCUT2D eigenvalue weighted by atomic mass is 16.6. The van der Waals surface area contributed by atoms with E-state index >= 15 is 0 Å². The molecule has 0 N–H and O–H groups in total. The van der Waals surface area contributed by atoms with E-state index in [0.29, 0.717) is 12.3 Å². The van der Waals surface area contributed by atoms with Crippen molar-refractivity contribution in [3.8, 4) is 5.75 Å². The summed E-state index contributed by atoms with van der Waals surface area (Å²) in [7, 11) is 0. The van der Waals surface area contributed by atoms with Gasteiger partial charge in [-0.05, 0) is 44.0 Å². The average Bonchev–Trinajstić information content (AvgIpc) is 2.67. The molecule has 0 aromatic heterocycles. The van der Waals surface area contributed by atoms with Crippen molar-refractivity contribution < 1.29 is 19.2 Å². The summed E-state index contributed by atoms with van der Waals surface area (Å²) >= 11 is 0. The van der Waals surface area contributed by atoms with E-state index in [-0.39, 0.29) is 30.4 Å². The number of ether oxygens (including phenoxy) is 1. The molecule has 8 nitrogen and oxygen atoms in total. The van der Waals surface area contributed by atoms with Gasteiger partial charge in [-0.2, -0.15) is 0 Å². The molecule has 0 spiro atoms. The first-order valence-corrected chi connectivity index (χ1v) is 8.91. The number of hydrogen-bond acceptors (Lipinski definition) is 5. The van der Waals surface area contributed by atoms with Gasteiger partial charge in [0.1, 0.15) is 12.3 Å². The lowest BCUT2D eigenvalue weighted by molar-refractivity contribution is -0.384. The summed E-state index contributed by atoms with van der Waals surface area (Å²) in [6.07, 6.45) is 0. The molecule has 0 fully saturated rings. The molecule has 0 unspecified atom stereocenters. The minimum absolute atomic E-state index is 0.170. The van der Waals surface area contributed by atoms with Crippen molar-refractivity contribution in [2.75, 3.05) is 29.5 Å². The first kappa shape index (κ1) is 19.3. The third-order valence-electron chi connectivity index (χ3n) is 4.66. The Balaban J connectivity index is 1.93. The van der Waals surface area contributed by atoms with E-state index in [2.05, 4.69) is 0 Å². The molecule has 0 radical (unpaired) electrons. The Morgan fingerprint density at radius 3 is 2.68 bits per heavy atom. The van der Waals surface area contributed by atoms with Crippen molar-refractivity contribution in [2.24, 2.45) is 0 Å². The minimum atomic E-state index is -0.548. The molecule has 2 aromatic rings. The topological polar surface area (TPSA) is 93.0 Å². The van der Waals surface area contributed by atoms with Gasteiger partial charge in [0.25, 0.3) is 11.6 Å². The number of nitrogens with zero attached hydrogens (tertiary/aromatic N) is 3. The Labute approximate surface area is 162 Å². The maximum absolute atomic E-state index is 13.0. The number of carbonyl (C=O) groups excluding carboxylic acids is 2. The lowest BCUT2D eigenvalue weighted by atomic mass is 10.1. The minimum Gasteiger partial charge on any atom is -0.482 e. The van der Waals surface area contributed by atoms with Gasteiger partial charge >= 0.3 is 0 Å². The fourth-order valence-electron chi connectivity index (χ4n) is 3.19. The van der Waals surface area contributed by atoms with Crippen LogP contribution in [0, 0.1) is 24.0 Å². The van der Waals surface area contributed by atoms with Gasteiger partial charge in [-0.3, -0.25) is 24.6 Å². The van der Waals surface area contributed by atoms with Crippen LogP contribution >= 0.6 is 0 Å². The van der Waals surface area contributed by atoms with Gasteiger partial charge in [-0.25, -0.2) is 0 Å². The molecule has 28 heavy (non-hydrogen) atoms. The number of nitro benzene ring substituents is 1. The van der Waals surface area contributed by atoms with Gasteiger partial charge in [0.15, 0.2) is 6.61 Å². The van der Waals surface area contributed by atoms with Crippen LogP contribution in [-0.2, 0) is 9.59 Å². The summed E-state index contributed by atoms with van der Waals surface area (Å²) in [5.41, 5.74) is 2.82. The van der Waals surface area contributed by atoms with Gasteiger partial charge in [0.05, 0.1) is 10.6 Å². The van der Waals surface area contributed by atoms with Crippen LogP contribution in [0.3, 0.4) is 0 Å². The van der Waals surface area contributed by atoms with Gasteiger partial charge in [-0.15, -0.1) is 0 Å². The fourth-order valence-corrected chi connectivity index (χ4v) is 3.19. The lowest BCUT2D eigenvalue weighted by Gasteiger charge is -2.31. The number of aryl methyl sites for hydroxylation is 2. The smallest absolute Gasteiger partial charge is 0.271 e. The number of likely N-dealkylation sites (N-methyl/N-ethyl adjacent to an activating group) is 1. The van der Waals surface area contributed by atoms with E-state index in [1.54, 1.807) is 4.90 Å². The number of carbonyl (C=O) groups is 2. The van der Waals surface area contributed by atoms with E-state index in [0.717, 1.165) is 16.8 Å². The Bertz CT molecular complexity index is 957. The van der Waals surface area contributed by atoms with Crippen molar-refractivity contribution in [3.05, 3.63) is 57.6 Å². The maximum Gasteiger partial charge on any atom is 0.271 e. The molecule has 1 aliphatic rings. The van der Waals surface area contributed by atoms with E-state index in [1.807, 2.05) is 39.0 Å². The van der Waals surface area contributed by atoms with Crippen LogP contribution < -0.4 is 14.5 Å². The summed E-state index contributed by atoms with van der Waals surface area (Å²) in [5.74, 6) is -0.352. The molecular weight excluding hydrogens is 362 g/mol. The Morgan fingerprint density at radius 2 is 2.00 bits per heavy atom. The molecule has 8 heteroatoms. The van der Waals surface area contributed by atoms with Gasteiger partial charge in [-0.1, -0.05) is 12.1 Å². The predicted octanol–water partition coefficient (Wildman–Crippen LogP) is 2.99. The second kappa shape index (κ2) is 7.67. The summed E-state index contributed by atoms with van der Waals surface area (Å²) in [4.78, 5) is 38.8. The Hall–Kier alpha value is -3.42. The molecule has 0 bridgehead atoms. The van der Waals surface area contributed by atoms with Crippen LogP contribution in [-0.4, -0.2) is 36.4 Å². The number of anilines is 2. The SMILES string of the molecule is CCN(C(=O)CN1C(=O)COc2ccc([N+](=O)[O-])cc21)c1cc(C)ccc1C. The van der Waals surface area contributed by atoms with Crippen molar-refractivity contribution in [3.63, 3.8) is 0 Å². The van der Waals surface area contributed by atoms with Crippen molar-refractivity contribution in [1.29, 1.82) is 0 Å². The monoisotopic (exact) mass is 383 g/mol. The molecule has 1 heterocycles. The number of nitro groups is 1. The summed E-state index contributed by atoms with van der Waals surface area (Å²) < 4.78 is 5.35. The van der Waals surface area contributed by atoms with Gasteiger partial charge in [0.2, 0.25) is 5.91 Å². The number of benzene rings is 2. The molecule has 146 valence electrons. The van der Waals surface area contributed by atoms with Crippen molar-refractivity contribution >= 4 is 28.9 Å². The summed E-state index contributed by atoms with van der Waals surface area (Å²) in [6.45, 7) is 5.72. The van der Waals surface area contributed by atoms with Crippen molar-refractivity contribution in [2.45, 2.75) is 20.8 Å². The fraction of sp³-hybridized carbons (Fsp3) is 0.300. The van der Waals surface area contributed by atoms with Crippen LogP contribution in [0.15, 0.2) is 36.4 Å². The van der Waals surface area contributed by atoms with E-state index in [9.17, 15) is 19.7 Å². The molecular formula is C20H21N3O5. The molecule has 2 amide bonds. The molecule has 0 saturated carbocycles. The zero-order valence-electron chi connectivity index (χ0n) is 16.0. The normalized spacial score (nSPS) is 13.0. The number of hydrogen-bond donors (Lipinski definition) is 0. The van der Waals surface area contributed by atoms with Crippen LogP contribution in [0.1, 0.15) is 18.1 Å². The third-order valence-corrected chi connectivity index (χ3v) is 4.66. The second-order valence-corrected chi connectivity index (χ2v) is 6.61.